The molecule has 0 bridgehead atoms. The Balaban J connectivity index is 1.85. The minimum absolute atomic E-state index is 0.0864. The third kappa shape index (κ3) is 2.78. The van der Waals surface area contributed by atoms with E-state index in [2.05, 4.69) is 4.98 Å². The van der Waals surface area contributed by atoms with Crippen molar-refractivity contribution < 1.29 is 14.5 Å². The summed E-state index contributed by atoms with van der Waals surface area (Å²) in [4.78, 5) is 26.1. The van der Waals surface area contributed by atoms with E-state index in [-0.39, 0.29) is 23.8 Å². The molecule has 0 aliphatic rings. The second-order valence-electron chi connectivity index (χ2n) is 5.11. The number of hydrogen-bond donors (Lipinski definition) is 1. The molecule has 6 nitrogen and oxygen atoms in total. The molecule has 1 heterocycles. The number of ketones is 1. The molecule has 3 aromatic rings. The molecule has 23 heavy (non-hydrogen) atoms. The Kier molecular flexibility index (Phi) is 3.80. The van der Waals surface area contributed by atoms with E-state index >= 15 is 0 Å². The Morgan fingerprint density at radius 2 is 1.87 bits per heavy atom. The van der Waals surface area contributed by atoms with Crippen LogP contribution in [0.3, 0.4) is 0 Å². The van der Waals surface area contributed by atoms with Crippen LogP contribution in [0.25, 0.3) is 10.9 Å². The first-order valence-corrected chi connectivity index (χ1v) is 7.04. The minimum Gasteiger partial charge on any atom is -0.478 e. The zero-order chi connectivity index (χ0) is 16.4. The van der Waals surface area contributed by atoms with Crippen LogP contribution in [-0.4, -0.2) is 22.3 Å². The van der Waals surface area contributed by atoms with Crippen LogP contribution in [-0.2, 0) is 0 Å². The van der Waals surface area contributed by atoms with Crippen LogP contribution < -0.4 is 4.74 Å². The maximum Gasteiger partial charge on any atom is 0.310 e. The van der Waals surface area contributed by atoms with Gasteiger partial charge >= 0.3 is 5.69 Å². The third-order valence-corrected chi connectivity index (χ3v) is 3.59. The van der Waals surface area contributed by atoms with Crippen molar-refractivity contribution in [3.8, 4) is 5.75 Å². The highest BCUT2D eigenvalue weighted by atomic mass is 16.6. The van der Waals surface area contributed by atoms with Crippen molar-refractivity contribution >= 4 is 22.4 Å². The molecule has 0 amide bonds. The van der Waals surface area contributed by atoms with Gasteiger partial charge in [0.15, 0.2) is 12.4 Å². The molecule has 0 unspecified atom stereocenters. The molecule has 0 atom stereocenters. The molecule has 0 aliphatic heterocycles. The molecule has 1 N–H and O–H groups in total. The summed E-state index contributed by atoms with van der Waals surface area (Å²) >= 11 is 0. The summed E-state index contributed by atoms with van der Waals surface area (Å²) in [5.74, 6) is -0.138. The highest BCUT2D eigenvalue weighted by Crippen LogP contribution is 2.27. The summed E-state index contributed by atoms with van der Waals surface area (Å²) in [7, 11) is 0. The first-order valence-electron chi connectivity index (χ1n) is 7.04. The number of hydrogen-bond acceptors (Lipinski definition) is 4. The van der Waals surface area contributed by atoms with Gasteiger partial charge in [-0.25, -0.2) is 0 Å². The lowest BCUT2D eigenvalue weighted by Crippen LogP contribution is -2.13. The number of ether oxygens (including phenoxy) is 1. The fraction of sp³-hybridized carbons (Fsp3) is 0.118. The van der Waals surface area contributed by atoms with Crippen molar-refractivity contribution in [2.75, 3.05) is 6.61 Å². The number of benzene rings is 2. The van der Waals surface area contributed by atoms with Crippen LogP contribution in [0.1, 0.15) is 16.1 Å². The van der Waals surface area contributed by atoms with Crippen LogP contribution in [0.5, 0.6) is 5.75 Å². The molecule has 6 heteroatoms. The highest BCUT2D eigenvalue weighted by molar-refractivity contribution is 6.09. The number of aryl methyl sites for hydroxylation is 1. The highest BCUT2D eigenvalue weighted by Gasteiger charge is 2.19. The first kappa shape index (κ1) is 14.8. The predicted octanol–water partition coefficient (Wildman–Crippen LogP) is 3.65. The second-order valence-corrected chi connectivity index (χ2v) is 5.11. The summed E-state index contributed by atoms with van der Waals surface area (Å²) < 4.78 is 5.38. The summed E-state index contributed by atoms with van der Waals surface area (Å²) in [6.45, 7) is 1.56. The summed E-state index contributed by atoms with van der Waals surface area (Å²) in [6.07, 6.45) is 0. The molecule has 0 fully saturated rings. The summed E-state index contributed by atoms with van der Waals surface area (Å²) in [5, 5.41) is 11.8. The van der Waals surface area contributed by atoms with Gasteiger partial charge in [-0.1, -0.05) is 30.3 Å². The molecule has 0 spiro atoms. The number of rotatable bonds is 5. The van der Waals surface area contributed by atoms with Crippen molar-refractivity contribution in [3.63, 3.8) is 0 Å². The van der Waals surface area contributed by atoms with E-state index in [4.69, 9.17) is 4.74 Å². The average Bonchev–Trinajstić information content (AvgIpc) is 2.88. The zero-order valence-corrected chi connectivity index (χ0v) is 12.4. The number of carbonyl (C=O) groups excluding carboxylic acids is 1. The number of nitro groups is 1. The lowest BCUT2D eigenvalue weighted by atomic mass is 10.1. The number of nitrogens with zero attached hydrogens (tertiary/aromatic N) is 1. The Morgan fingerprint density at radius 1 is 1.17 bits per heavy atom. The second kappa shape index (κ2) is 5.92. The molecule has 0 radical (unpaired) electrons. The normalized spacial score (nSPS) is 10.7. The molecule has 0 saturated heterocycles. The lowest BCUT2D eigenvalue weighted by molar-refractivity contribution is -0.385. The Morgan fingerprint density at radius 3 is 2.65 bits per heavy atom. The maximum atomic E-state index is 12.5. The van der Waals surface area contributed by atoms with E-state index in [9.17, 15) is 14.9 Å². The van der Waals surface area contributed by atoms with E-state index < -0.39 is 4.92 Å². The lowest BCUT2D eigenvalue weighted by Gasteiger charge is -2.06. The van der Waals surface area contributed by atoms with E-state index in [0.717, 1.165) is 16.6 Å². The van der Waals surface area contributed by atoms with Crippen molar-refractivity contribution in [1.29, 1.82) is 0 Å². The number of para-hydroxylation sites is 3. The number of nitrogens with one attached hydrogen (secondary N) is 1. The standard InChI is InChI=1S/C17H14N2O4/c1-11-17(12-6-2-3-7-13(12)18-11)15(20)10-23-16-9-5-4-8-14(16)19(21)22/h2-9,18H,10H2,1H3. The molecule has 2 aromatic carbocycles. The smallest absolute Gasteiger partial charge is 0.310 e. The number of carbonyl (C=O) groups is 1. The van der Waals surface area contributed by atoms with Crippen LogP contribution in [0, 0.1) is 17.0 Å². The number of aromatic amines is 1. The maximum absolute atomic E-state index is 12.5. The monoisotopic (exact) mass is 310 g/mol. The van der Waals surface area contributed by atoms with Gasteiger partial charge in [-0.2, -0.15) is 0 Å². The molecule has 3 rings (SSSR count). The van der Waals surface area contributed by atoms with Crippen molar-refractivity contribution in [2.24, 2.45) is 0 Å². The SMILES string of the molecule is Cc1[nH]c2ccccc2c1C(=O)COc1ccccc1[N+](=O)[O-]. The van der Waals surface area contributed by atoms with E-state index in [1.165, 1.54) is 12.1 Å². The number of nitro benzene ring substituents is 1. The van der Waals surface area contributed by atoms with Gasteiger partial charge in [0.2, 0.25) is 5.78 Å². The van der Waals surface area contributed by atoms with Gasteiger partial charge in [0.1, 0.15) is 0 Å². The fourth-order valence-corrected chi connectivity index (χ4v) is 2.58. The zero-order valence-electron chi connectivity index (χ0n) is 12.4. The number of aromatic nitrogens is 1. The van der Waals surface area contributed by atoms with E-state index in [1.807, 2.05) is 31.2 Å². The quantitative estimate of drug-likeness (QED) is 0.443. The van der Waals surface area contributed by atoms with Gasteiger partial charge in [0.05, 0.1) is 4.92 Å². The van der Waals surface area contributed by atoms with Gasteiger partial charge in [0, 0.05) is 28.2 Å². The van der Waals surface area contributed by atoms with Crippen molar-refractivity contribution in [2.45, 2.75) is 6.92 Å². The van der Waals surface area contributed by atoms with Gasteiger partial charge in [-0.05, 0) is 19.1 Å². The van der Waals surface area contributed by atoms with Crippen molar-refractivity contribution in [3.05, 3.63) is 69.9 Å². The molecule has 0 saturated carbocycles. The predicted molar refractivity (Wildman–Crippen MR) is 86.0 cm³/mol. The van der Waals surface area contributed by atoms with E-state index in [0.29, 0.717) is 5.56 Å². The fourth-order valence-electron chi connectivity index (χ4n) is 2.58. The topological polar surface area (TPSA) is 85.2 Å². The van der Waals surface area contributed by atoms with Crippen LogP contribution in [0.4, 0.5) is 5.69 Å². The summed E-state index contributed by atoms with van der Waals surface area (Å²) in [5.41, 5.74) is 2.02. The average molecular weight is 310 g/mol. The molecular weight excluding hydrogens is 296 g/mol. The van der Waals surface area contributed by atoms with Crippen molar-refractivity contribution in [1.82, 2.24) is 4.98 Å². The largest absolute Gasteiger partial charge is 0.478 e. The Hall–Kier alpha value is -3.15. The number of H-pyrrole nitrogens is 1. The molecule has 1 aromatic heterocycles. The Labute approximate surface area is 131 Å². The van der Waals surface area contributed by atoms with E-state index in [1.54, 1.807) is 12.1 Å². The van der Waals surface area contributed by atoms with Crippen LogP contribution in [0.2, 0.25) is 0 Å². The number of Topliss-reactive ketones (excluding diaryl/α,β-unsaturated/α-hetero) is 1. The van der Waals surface area contributed by atoms with Gasteiger partial charge in [-0.3, -0.25) is 14.9 Å². The van der Waals surface area contributed by atoms with Gasteiger partial charge in [-0.15, -0.1) is 0 Å². The van der Waals surface area contributed by atoms with Gasteiger partial charge < -0.3 is 9.72 Å². The van der Waals surface area contributed by atoms with Crippen LogP contribution >= 0.6 is 0 Å². The third-order valence-electron chi connectivity index (χ3n) is 3.59. The van der Waals surface area contributed by atoms with Gasteiger partial charge in [0.25, 0.3) is 0 Å². The summed E-state index contributed by atoms with van der Waals surface area (Å²) in [6, 6.07) is 13.5. The molecule has 116 valence electrons. The minimum atomic E-state index is -0.531. The number of fused-ring (bicyclic) bond motifs is 1. The first-order chi connectivity index (χ1) is 11.1. The van der Waals surface area contributed by atoms with Crippen LogP contribution in [0.15, 0.2) is 48.5 Å². The Bertz CT molecular complexity index is 898. The molecular formula is C17H14N2O4. The molecule has 0 aliphatic carbocycles.